The van der Waals surface area contributed by atoms with Crippen LogP contribution < -0.4 is 0 Å². The molecule has 2 heteroatoms. The van der Waals surface area contributed by atoms with Gasteiger partial charge in [-0.05, 0) is 12.5 Å². The fraction of sp³-hybridized carbons (Fsp3) is 0.583. The molecule has 1 aromatic heterocycles. The van der Waals surface area contributed by atoms with E-state index in [2.05, 4.69) is 6.92 Å². The Morgan fingerprint density at radius 3 is 2.71 bits per heavy atom. The van der Waals surface area contributed by atoms with E-state index in [1.165, 1.54) is 6.26 Å². The van der Waals surface area contributed by atoms with Gasteiger partial charge >= 0.3 is 0 Å². The first kappa shape index (κ1) is 11.0. The molecule has 0 aliphatic rings. The summed E-state index contributed by atoms with van der Waals surface area (Å²) in [6.45, 7) is 6.13. The lowest BCUT2D eigenvalue weighted by Gasteiger charge is -2.21. The van der Waals surface area contributed by atoms with Crippen LogP contribution in [0.25, 0.3) is 0 Å². The fourth-order valence-corrected chi connectivity index (χ4v) is 1.52. The smallest absolute Gasteiger partial charge is 0.171 e. The summed E-state index contributed by atoms with van der Waals surface area (Å²) in [5, 5.41) is 0. The maximum Gasteiger partial charge on any atom is 0.171 e. The largest absolute Gasteiger partial charge is 0.472 e. The molecule has 14 heavy (non-hydrogen) atoms. The Labute approximate surface area is 85.3 Å². The molecule has 0 radical (unpaired) electrons. The van der Waals surface area contributed by atoms with E-state index in [-0.39, 0.29) is 11.2 Å². The minimum Gasteiger partial charge on any atom is -0.472 e. The third-order valence-electron chi connectivity index (χ3n) is 2.55. The quantitative estimate of drug-likeness (QED) is 0.669. The zero-order valence-electron chi connectivity index (χ0n) is 9.17. The molecule has 0 N–H and O–H groups in total. The summed E-state index contributed by atoms with van der Waals surface area (Å²) in [7, 11) is 0. The molecule has 0 saturated heterocycles. The van der Waals surface area contributed by atoms with Gasteiger partial charge in [0.05, 0.1) is 11.8 Å². The Morgan fingerprint density at radius 2 is 2.21 bits per heavy atom. The van der Waals surface area contributed by atoms with Crippen LogP contribution in [0.15, 0.2) is 23.0 Å². The fourth-order valence-electron chi connectivity index (χ4n) is 1.52. The van der Waals surface area contributed by atoms with Gasteiger partial charge in [0.1, 0.15) is 6.26 Å². The molecule has 0 unspecified atom stereocenters. The summed E-state index contributed by atoms with van der Waals surface area (Å²) >= 11 is 0. The maximum atomic E-state index is 12.0. The molecule has 2 nitrogen and oxygen atoms in total. The highest BCUT2D eigenvalue weighted by Crippen LogP contribution is 2.28. The molecule has 0 fully saturated rings. The molecule has 0 aliphatic heterocycles. The second-order valence-electron chi connectivity index (χ2n) is 4.33. The highest BCUT2D eigenvalue weighted by molar-refractivity contribution is 5.99. The van der Waals surface area contributed by atoms with Crippen LogP contribution in [0.2, 0.25) is 0 Å². The topological polar surface area (TPSA) is 30.2 Å². The van der Waals surface area contributed by atoms with Gasteiger partial charge in [0, 0.05) is 5.41 Å². The van der Waals surface area contributed by atoms with Gasteiger partial charge in [0.15, 0.2) is 5.78 Å². The van der Waals surface area contributed by atoms with E-state index in [9.17, 15) is 4.79 Å². The van der Waals surface area contributed by atoms with E-state index in [0.29, 0.717) is 5.56 Å². The number of rotatable bonds is 5. The molecule has 0 atom stereocenters. The lowest BCUT2D eigenvalue weighted by Crippen LogP contribution is -2.23. The van der Waals surface area contributed by atoms with Crippen LogP contribution in [0.3, 0.4) is 0 Å². The zero-order chi connectivity index (χ0) is 10.6. The van der Waals surface area contributed by atoms with Gasteiger partial charge in [0.2, 0.25) is 0 Å². The first-order chi connectivity index (χ1) is 6.58. The molecule has 1 heterocycles. The lowest BCUT2D eigenvalue weighted by atomic mass is 9.81. The summed E-state index contributed by atoms with van der Waals surface area (Å²) < 4.78 is 4.91. The predicted molar refractivity (Wildman–Crippen MR) is 56.3 cm³/mol. The van der Waals surface area contributed by atoms with Crippen molar-refractivity contribution in [3.63, 3.8) is 0 Å². The van der Waals surface area contributed by atoms with Crippen LogP contribution in [0.5, 0.6) is 0 Å². The number of ketones is 1. The molecule has 0 amide bonds. The normalized spacial score (nSPS) is 11.6. The Kier molecular flexibility index (Phi) is 3.50. The average molecular weight is 194 g/mol. The van der Waals surface area contributed by atoms with Crippen molar-refractivity contribution in [2.45, 2.75) is 40.0 Å². The zero-order valence-corrected chi connectivity index (χ0v) is 9.17. The van der Waals surface area contributed by atoms with Crippen molar-refractivity contribution < 1.29 is 9.21 Å². The maximum absolute atomic E-state index is 12.0. The second kappa shape index (κ2) is 4.45. The van der Waals surface area contributed by atoms with E-state index in [0.717, 1.165) is 19.3 Å². The van der Waals surface area contributed by atoms with Crippen LogP contribution in [0.4, 0.5) is 0 Å². The Morgan fingerprint density at radius 1 is 1.50 bits per heavy atom. The van der Waals surface area contributed by atoms with Gasteiger partial charge in [-0.3, -0.25) is 4.79 Å². The number of carbonyl (C=O) groups is 1. The molecule has 1 rings (SSSR count). The van der Waals surface area contributed by atoms with Crippen molar-refractivity contribution in [3.05, 3.63) is 24.2 Å². The summed E-state index contributed by atoms with van der Waals surface area (Å²) in [5.74, 6) is 0.180. The molecule has 0 saturated carbocycles. The first-order valence-electron chi connectivity index (χ1n) is 5.15. The van der Waals surface area contributed by atoms with Gasteiger partial charge in [-0.1, -0.05) is 33.6 Å². The summed E-state index contributed by atoms with van der Waals surface area (Å²) in [4.78, 5) is 12.0. The summed E-state index contributed by atoms with van der Waals surface area (Å²) in [6.07, 6.45) is 6.23. The first-order valence-corrected chi connectivity index (χ1v) is 5.15. The molecule has 78 valence electrons. The van der Waals surface area contributed by atoms with Crippen LogP contribution in [0.1, 0.15) is 50.4 Å². The van der Waals surface area contributed by atoms with Crippen molar-refractivity contribution in [2.75, 3.05) is 0 Å². The van der Waals surface area contributed by atoms with Crippen LogP contribution >= 0.6 is 0 Å². The van der Waals surface area contributed by atoms with E-state index >= 15 is 0 Å². The summed E-state index contributed by atoms with van der Waals surface area (Å²) in [6, 6.07) is 1.73. The van der Waals surface area contributed by atoms with Crippen molar-refractivity contribution in [1.82, 2.24) is 0 Å². The van der Waals surface area contributed by atoms with E-state index < -0.39 is 0 Å². The van der Waals surface area contributed by atoms with Gasteiger partial charge in [-0.15, -0.1) is 0 Å². The minimum atomic E-state index is -0.264. The van der Waals surface area contributed by atoms with Gasteiger partial charge in [-0.2, -0.15) is 0 Å². The third-order valence-corrected chi connectivity index (χ3v) is 2.55. The minimum absolute atomic E-state index is 0.180. The van der Waals surface area contributed by atoms with Gasteiger partial charge in [-0.25, -0.2) is 0 Å². The average Bonchev–Trinajstić information content (AvgIpc) is 2.66. The van der Waals surface area contributed by atoms with E-state index in [1.807, 2.05) is 13.8 Å². The van der Waals surface area contributed by atoms with Crippen molar-refractivity contribution >= 4 is 5.78 Å². The van der Waals surface area contributed by atoms with Gasteiger partial charge < -0.3 is 4.42 Å². The van der Waals surface area contributed by atoms with Crippen LogP contribution in [0, 0.1) is 5.41 Å². The molecule has 0 spiro atoms. The Bertz CT molecular complexity index is 283. The summed E-state index contributed by atoms with van der Waals surface area (Å²) in [5.41, 5.74) is 0.422. The van der Waals surface area contributed by atoms with Crippen molar-refractivity contribution in [3.8, 4) is 0 Å². The highest BCUT2D eigenvalue weighted by atomic mass is 16.3. The molecule has 0 aromatic carbocycles. The molecule has 0 aliphatic carbocycles. The third kappa shape index (κ3) is 2.47. The molecule has 0 bridgehead atoms. The second-order valence-corrected chi connectivity index (χ2v) is 4.33. The standard InChI is InChI=1S/C12H18O2/c1-4-5-7-12(2,3)11(13)10-6-8-14-9-10/h6,8-9H,4-5,7H2,1-3H3. The number of carbonyl (C=O) groups excluding carboxylic acids is 1. The monoisotopic (exact) mass is 194 g/mol. The van der Waals surface area contributed by atoms with Crippen molar-refractivity contribution in [2.24, 2.45) is 5.41 Å². The number of unbranched alkanes of at least 4 members (excludes halogenated alkanes) is 1. The van der Waals surface area contributed by atoms with Crippen LogP contribution in [-0.4, -0.2) is 5.78 Å². The van der Waals surface area contributed by atoms with Gasteiger partial charge in [0.25, 0.3) is 0 Å². The number of furan rings is 1. The number of hydrogen-bond acceptors (Lipinski definition) is 2. The molecule has 1 aromatic rings. The highest BCUT2D eigenvalue weighted by Gasteiger charge is 2.28. The van der Waals surface area contributed by atoms with E-state index in [4.69, 9.17) is 4.42 Å². The predicted octanol–water partition coefficient (Wildman–Crippen LogP) is 3.68. The number of hydrogen-bond donors (Lipinski definition) is 0. The van der Waals surface area contributed by atoms with Crippen molar-refractivity contribution in [1.29, 1.82) is 0 Å². The SMILES string of the molecule is CCCCC(C)(C)C(=O)c1ccoc1. The lowest BCUT2D eigenvalue weighted by molar-refractivity contribution is 0.0822. The molecular weight excluding hydrogens is 176 g/mol. The Hall–Kier alpha value is -1.05. The molecular formula is C12H18O2. The van der Waals surface area contributed by atoms with E-state index in [1.54, 1.807) is 12.3 Å². The Balaban J connectivity index is 2.68. The van der Waals surface area contributed by atoms with Crippen LogP contribution in [-0.2, 0) is 0 Å². The number of Topliss-reactive ketones (excluding diaryl/α,β-unsaturated/α-hetero) is 1.